The molecule has 1 unspecified atom stereocenters. The summed E-state index contributed by atoms with van der Waals surface area (Å²) in [5.41, 5.74) is -0.137. The van der Waals surface area contributed by atoms with Gasteiger partial charge in [-0.15, -0.1) is 0 Å². The molecule has 0 aliphatic heterocycles. The quantitative estimate of drug-likeness (QED) is 0.854. The number of rotatable bonds is 4. The molecule has 0 N–H and O–H groups in total. The lowest BCUT2D eigenvalue weighted by molar-refractivity contribution is -0.120. The Bertz CT molecular complexity index is 708. The molecule has 2 nitrogen and oxygen atoms in total. The van der Waals surface area contributed by atoms with Crippen molar-refractivity contribution in [3.63, 3.8) is 0 Å². The van der Waals surface area contributed by atoms with Gasteiger partial charge in [-0.3, -0.25) is 4.79 Å². The number of carbonyl (C=O) groups excluding carboxylic acids is 1. The first-order valence-electron chi connectivity index (χ1n) is 6.41. The minimum atomic E-state index is -1.32. The average molecular weight is 302 g/mol. The summed E-state index contributed by atoms with van der Waals surface area (Å²) in [5, 5.41) is 9.83. The molecule has 0 aliphatic rings. The number of hydrogen-bond donors (Lipinski definition) is 0. The Hall–Kier alpha value is -2.18. The first kappa shape index (κ1) is 15.2. The van der Waals surface area contributed by atoms with Gasteiger partial charge in [-0.25, -0.2) is 4.39 Å². The van der Waals surface area contributed by atoms with Crippen LogP contribution in [0.4, 0.5) is 4.39 Å². The number of benzene rings is 2. The Morgan fingerprint density at radius 1 is 1.29 bits per heavy atom. The maximum absolute atomic E-state index is 13.1. The van der Waals surface area contributed by atoms with Crippen LogP contribution >= 0.6 is 11.6 Å². The SMILES string of the molecule is CC(=O)C(C#N)(Cc1ccc(F)cc1Cl)c1ccccc1. The molecule has 0 fully saturated rings. The maximum atomic E-state index is 13.1. The lowest BCUT2D eigenvalue weighted by atomic mass is 9.74. The Kier molecular flexibility index (Phi) is 4.40. The monoisotopic (exact) mass is 301 g/mol. The molecule has 0 spiro atoms. The van der Waals surface area contributed by atoms with Crippen molar-refractivity contribution in [2.24, 2.45) is 0 Å². The van der Waals surface area contributed by atoms with Crippen molar-refractivity contribution in [2.45, 2.75) is 18.8 Å². The third-order valence-corrected chi connectivity index (χ3v) is 3.88. The van der Waals surface area contributed by atoms with Gasteiger partial charge in [0.25, 0.3) is 0 Å². The van der Waals surface area contributed by atoms with Gasteiger partial charge in [0, 0.05) is 11.4 Å². The van der Waals surface area contributed by atoms with Gasteiger partial charge in [0.2, 0.25) is 0 Å². The highest BCUT2D eigenvalue weighted by atomic mass is 35.5. The molecule has 0 heterocycles. The summed E-state index contributed by atoms with van der Waals surface area (Å²) in [6, 6.07) is 14.9. The van der Waals surface area contributed by atoms with E-state index in [1.807, 2.05) is 6.07 Å². The second kappa shape index (κ2) is 6.07. The molecule has 0 bridgehead atoms. The molecular weight excluding hydrogens is 289 g/mol. The van der Waals surface area contributed by atoms with Gasteiger partial charge in [0.1, 0.15) is 11.2 Å². The third kappa shape index (κ3) is 2.96. The van der Waals surface area contributed by atoms with Crippen LogP contribution in [-0.4, -0.2) is 5.78 Å². The summed E-state index contributed by atoms with van der Waals surface area (Å²) in [6.07, 6.45) is 0.113. The van der Waals surface area contributed by atoms with Gasteiger partial charge in [-0.05, 0) is 30.2 Å². The van der Waals surface area contributed by atoms with Crippen molar-refractivity contribution in [3.05, 3.63) is 70.5 Å². The van der Waals surface area contributed by atoms with Crippen molar-refractivity contribution in [3.8, 4) is 6.07 Å². The van der Waals surface area contributed by atoms with Crippen LogP contribution in [0.2, 0.25) is 5.02 Å². The number of nitrogens with zero attached hydrogens (tertiary/aromatic N) is 1. The fraction of sp³-hybridized carbons (Fsp3) is 0.176. The van der Waals surface area contributed by atoms with E-state index in [-0.39, 0.29) is 17.2 Å². The van der Waals surface area contributed by atoms with Crippen LogP contribution in [0, 0.1) is 17.1 Å². The first-order valence-corrected chi connectivity index (χ1v) is 6.79. The van der Waals surface area contributed by atoms with Gasteiger partial charge in [0.05, 0.1) is 6.07 Å². The molecule has 0 amide bonds. The van der Waals surface area contributed by atoms with E-state index < -0.39 is 11.2 Å². The van der Waals surface area contributed by atoms with Crippen LogP contribution in [0.15, 0.2) is 48.5 Å². The van der Waals surface area contributed by atoms with E-state index in [1.54, 1.807) is 24.3 Å². The second-order valence-electron chi connectivity index (χ2n) is 4.85. The Balaban J connectivity index is 2.52. The van der Waals surface area contributed by atoms with Gasteiger partial charge < -0.3 is 0 Å². The lowest BCUT2D eigenvalue weighted by Gasteiger charge is -2.24. The fourth-order valence-corrected chi connectivity index (χ4v) is 2.52. The minimum absolute atomic E-state index is 0.113. The zero-order valence-corrected chi connectivity index (χ0v) is 12.2. The van der Waals surface area contributed by atoms with Crippen molar-refractivity contribution in [1.29, 1.82) is 5.26 Å². The highest BCUT2D eigenvalue weighted by Gasteiger charge is 2.38. The summed E-state index contributed by atoms with van der Waals surface area (Å²) in [7, 11) is 0. The van der Waals surface area contributed by atoms with E-state index in [2.05, 4.69) is 6.07 Å². The molecule has 0 saturated carbocycles. The van der Waals surface area contributed by atoms with Crippen molar-refractivity contribution in [2.75, 3.05) is 0 Å². The van der Waals surface area contributed by atoms with Gasteiger partial charge >= 0.3 is 0 Å². The van der Waals surface area contributed by atoms with Crippen LogP contribution in [-0.2, 0) is 16.6 Å². The summed E-state index contributed by atoms with van der Waals surface area (Å²) in [4.78, 5) is 12.1. The highest BCUT2D eigenvalue weighted by Crippen LogP contribution is 2.32. The van der Waals surface area contributed by atoms with E-state index in [4.69, 9.17) is 11.6 Å². The maximum Gasteiger partial charge on any atom is 0.154 e. The highest BCUT2D eigenvalue weighted by molar-refractivity contribution is 6.31. The molecule has 0 saturated heterocycles. The summed E-state index contributed by atoms with van der Waals surface area (Å²) in [6.45, 7) is 1.38. The molecule has 2 aromatic carbocycles. The number of ketones is 1. The number of Topliss-reactive ketones (excluding diaryl/α,β-unsaturated/α-hetero) is 1. The van der Waals surface area contributed by atoms with E-state index >= 15 is 0 Å². The molecule has 4 heteroatoms. The van der Waals surface area contributed by atoms with Crippen molar-refractivity contribution < 1.29 is 9.18 Å². The van der Waals surface area contributed by atoms with Crippen LogP contribution < -0.4 is 0 Å². The number of hydrogen-bond acceptors (Lipinski definition) is 2. The number of halogens is 2. The molecule has 0 radical (unpaired) electrons. The van der Waals surface area contributed by atoms with Gasteiger partial charge in [-0.2, -0.15) is 5.26 Å². The molecule has 2 rings (SSSR count). The third-order valence-electron chi connectivity index (χ3n) is 3.53. The molecule has 21 heavy (non-hydrogen) atoms. The smallest absolute Gasteiger partial charge is 0.154 e. The Morgan fingerprint density at radius 2 is 1.95 bits per heavy atom. The number of carbonyl (C=O) groups is 1. The zero-order valence-electron chi connectivity index (χ0n) is 11.4. The Labute approximate surface area is 127 Å². The van der Waals surface area contributed by atoms with Crippen LogP contribution in [0.5, 0.6) is 0 Å². The summed E-state index contributed by atoms with van der Waals surface area (Å²) in [5.74, 6) is -0.717. The normalized spacial score (nSPS) is 13.2. The Morgan fingerprint density at radius 3 is 2.48 bits per heavy atom. The topological polar surface area (TPSA) is 40.9 Å². The molecule has 2 aromatic rings. The van der Waals surface area contributed by atoms with Crippen molar-refractivity contribution >= 4 is 17.4 Å². The van der Waals surface area contributed by atoms with Gasteiger partial charge in [0.15, 0.2) is 5.78 Å². The first-order chi connectivity index (χ1) is 9.99. The minimum Gasteiger partial charge on any atom is -0.298 e. The average Bonchev–Trinajstić information content (AvgIpc) is 2.47. The summed E-state index contributed by atoms with van der Waals surface area (Å²) < 4.78 is 13.1. The standard InChI is InChI=1S/C17H13ClFNO/c1-12(21)17(11-20,14-5-3-2-4-6-14)10-13-7-8-15(19)9-16(13)18/h2-9H,10H2,1H3. The predicted octanol–water partition coefficient (Wildman–Crippen LogP) is 4.07. The van der Waals surface area contributed by atoms with E-state index in [0.717, 1.165) is 0 Å². The molecule has 1 atom stereocenters. The fourth-order valence-electron chi connectivity index (χ4n) is 2.29. The van der Waals surface area contributed by atoms with Crippen LogP contribution in [0.1, 0.15) is 18.1 Å². The molecule has 0 aromatic heterocycles. The molecular formula is C17H13ClFNO. The second-order valence-corrected chi connectivity index (χ2v) is 5.26. The lowest BCUT2D eigenvalue weighted by Crippen LogP contribution is -2.35. The van der Waals surface area contributed by atoms with E-state index in [1.165, 1.54) is 25.1 Å². The zero-order chi connectivity index (χ0) is 15.5. The predicted molar refractivity (Wildman–Crippen MR) is 79.5 cm³/mol. The number of nitriles is 1. The van der Waals surface area contributed by atoms with E-state index in [9.17, 15) is 14.4 Å². The largest absolute Gasteiger partial charge is 0.298 e. The van der Waals surface area contributed by atoms with Gasteiger partial charge in [-0.1, -0.05) is 48.0 Å². The van der Waals surface area contributed by atoms with Crippen LogP contribution in [0.25, 0.3) is 0 Å². The van der Waals surface area contributed by atoms with Crippen molar-refractivity contribution in [1.82, 2.24) is 0 Å². The molecule has 106 valence electrons. The van der Waals surface area contributed by atoms with E-state index in [0.29, 0.717) is 11.1 Å². The molecule has 0 aliphatic carbocycles. The van der Waals surface area contributed by atoms with Crippen LogP contribution in [0.3, 0.4) is 0 Å². The summed E-state index contributed by atoms with van der Waals surface area (Å²) >= 11 is 6.02.